The summed E-state index contributed by atoms with van der Waals surface area (Å²) < 4.78 is 0. The normalized spacial score (nSPS) is 21.4. The van der Waals surface area contributed by atoms with Crippen molar-refractivity contribution in [1.29, 1.82) is 0 Å². The first-order valence-electron chi connectivity index (χ1n) is 6.48. The number of carboxylic acids is 1. The molecule has 0 aromatic carbocycles. The Hall–Kier alpha value is -2.12. The van der Waals surface area contributed by atoms with Gasteiger partial charge in [0.2, 0.25) is 12.0 Å². The summed E-state index contributed by atoms with van der Waals surface area (Å²) in [5.41, 5.74) is -0.178. The molecule has 0 aliphatic carbocycles. The summed E-state index contributed by atoms with van der Waals surface area (Å²) in [6.45, 7) is 1.43. The van der Waals surface area contributed by atoms with E-state index in [1.165, 1.54) is 11.9 Å². The van der Waals surface area contributed by atoms with Crippen molar-refractivity contribution in [3.8, 4) is 0 Å². The molecule has 2 aliphatic heterocycles. The zero-order chi connectivity index (χ0) is 14.7. The Morgan fingerprint density at radius 3 is 2.60 bits per heavy atom. The minimum absolute atomic E-state index is 0.0267. The van der Waals surface area contributed by atoms with Crippen molar-refractivity contribution in [2.24, 2.45) is 5.16 Å². The molecular weight excluding hydrogens is 266 g/mol. The van der Waals surface area contributed by atoms with Crippen LogP contribution in [0.2, 0.25) is 0 Å². The fraction of sp³-hybridized carbons (Fsp3) is 0.667. The van der Waals surface area contributed by atoms with Crippen molar-refractivity contribution >= 4 is 23.5 Å². The van der Waals surface area contributed by atoms with Crippen molar-refractivity contribution < 1.29 is 24.3 Å². The van der Waals surface area contributed by atoms with Gasteiger partial charge in [-0.2, -0.15) is 0 Å². The quantitative estimate of drug-likeness (QED) is 0.735. The van der Waals surface area contributed by atoms with E-state index < -0.39 is 18.0 Å². The number of rotatable bonds is 4. The number of aliphatic carboxylic acids is 1. The van der Waals surface area contributed by atoms with Gasteiger partial charge < -0.3 is 19.7 Å². The fourth-order valence-corrected chi connectivity index (χ4v) is 2.23. The first-order valence-corrected chi connectivity index (χ1v) is 6.48. The van der Waals surface area contributed by atoms with Gasteiger partial charge in [0.05, 0.1) is 6.54 Å². The summed E-state index contributed by atoms with van der Waals surface area (Å²) in [6.07, 6.45) is 0.962. The molecule has 1 fully saturated rings. The van der Waals surface area contributed by atoms with E-state index in [1.807, 2.05) is 0 Å². The molecule has 2 heterocycles. The van der Waals surface area contributed by atoms with Gasteiger partial charge in [0.25, 0.3) is 5.91 Å². The molecule has 110 valence electrons. The number of hydrogen-bond acceptors (Lipinski definition) is 5. The summed E-state index contributed by atoms with van der Waals surface area (Å²) in [6, 6.07) is 0. The average molecular weight is 283 g/mol. The highest BCUT2D eigenvalue weighted by atomic mass is 16.6. The molecule has 0 spiro atoms. The number of nitrogens with zero attached hydrogens (tertiary/aromatic N) is 3. The number of carbonyl (C=O) groups excluding carboxylic acids is 2. The van der Waals surface area contributed by atoms with Crippen LogP contribution in [0, 0.1) is 0 Å². The van der Waals surface area contributed by atoms with Gasteiger partial charge in [0.15, 0.2) is 5.71 Å². The van der Waals surface area contributed by atoms with E-state index in [0.717, 1.165) is 25.9 Å². The lowest BCUT2D eigenvalue weighted by molar-refractivity contribution is -0.145. The smallest absolute Gasteiger partial charge is 0.353 e. The molecule has 1 saturated heterocycles. The van der Waals surface area contributed by atoms with E-state index in [0.29, 0.717) is 0 Å². The van der Waals surface area contributed by atoms with Gasteiger partial charge in [-0.1, -0.05) is 5.16 Å². The lowest BCUT2D eigenvalue weighted by Gasteiger charge is -2.22. The van der Waals surface area contributed by atoms with Crippen LogP contribution in [0.1, 0.15) is 19.3 Å². The third-order valence-electron chi connectivity index (χ3n) is 3.40. The predicted molar refractivity (Wildman–Crippen MR) is 68.0 cm³/mol. The van der Waals surface area contributed by atoms with E-state index in [9.17, 15) is 14.4 Å². The average Bonchev–Trinajstić information content (AvgIpc) is 3.08. The minimum atomic E-state index is -1.20. The molecule has 20 heavy (non-hydrogen) atoms. The molecule has 8 nitrogen and oxygen atoms in total. The molecule has 0 saturated carbocycles. The maximum absolute atomic E-state index is 12.0. The predicted octanol–water partition coefficient (Wildman–Crippen LogP) is -0.703. The summed E-state index contributed by atoms with van der Waals surface area (Å²) in [4.78, 5) is 42.4. The number of amides is 2. The molecule has 2 amide bonds. The Balaban J connectivity index is 1.83. The topological polar surface area (TPSA) is 99.5 Å². The van der Waals surface area contributed by atoms with Gasteiger partial charge in [-0.15, -0.1) is 0 Å². The number of carbonyl (C=O) groups is 3. The summed E-state index contributed by atoms with van der Waals surface area (Å²) in [5, 5.41) is 12.1. The largest absolute Gasteiger partial charge is 0.477 e. The summed E-state index contributed by atoms with van der Waals surface area (Å²) in [7, 11) is 1.50. The summed E-state index contributed by atoms with van der Waals surface area (Å²) >= 11 is 0. The van der Waals surface area contributed by atoms with Crippen molar-refractivity contribution in [1.82, 2.24) is 9.80 Å². The zero-order valence-electron chi connectivity index (χ0n) is 11.2. The highest BCUT2D eigenvalue weighted by Crippen LogP contribution is 2.14. The lowest BCUT2D eigenvalue weighted by Crippen LogP contribution is -2.43. The van der Waals surface area contributed by atoms with E-state index in [-0.39, 0.29) is 24.6 Å². The number of likely N-dealkylation sites (N-methyl/N-ethyl adjacent to an activating group) is 1. The van der Waals surface area contributed by atoms with Crippen LogP contribution in [0.4, 0.5) is 0 Å². The molecule has 1 N–H and O–H groups in total. The van der Waals surface area contributed by atoms with Crippen LogP contribution >= 0.6 is 0 Å². The Kier molecular flexibility index (Phi) is 4.21. The van der Waals surface area contributed by atoms with Gasteiger partial charge in [0.1, 0.15) is 0 Å². The van der Waals surface area contributed by atoms with Gasteiger partial charge in [-0.3, -0.25) is 9.59 Å². The Labute approximate surface area is 116 Å². The van der Waals surface area contributed by atoms with Crippen molar-refractivity contribution in [3.63, 3.8) is 0 Å². The number of carboxylic acid groups (broad SMARTS) is 1. The highest BCUT2D eigenvalue weighted by Gasteiger charge is 2.34. The zero-order valence-corrected chi connectivity index (χ0v) is 11.2. The van der Waals surface area contributed by atoms with Gasteiger partial charge >= 0.3 is 5.97 Å². The van der Waals surface area contributed by atoms with Gasteiger partial charge in [-0.05, 0) is 12.8 Å². The lowest BCUT2D eigenvalue weighted by atomic mass is 10.1. The highest BCUT2D eigenvalue weighted by molar-refractivity contribution is 6.36. The maximum atomic E-state index is 12.0. The van der Waals surface area contributed by atoms with Crippen LogP contribution in [0.25, 0.3) is 0 Å². The minimum Gasteiger partial charge on any atom is -0.477 e. The van der Waals surface area contributed by atoms with Crippen LogP contribution in [0.5, 0.6) is 0 Å². The van der Waals surface area contributed by atoms with E-state index in [2.05, 4.69) is 5.16 Å². The molecular formula is C12H17N3O5. The molecule has 0 radical (unpaired) electrons. The Morgan fingerprint density at radius 2 is 2.05 bits per heavy atom. The second-order valence-corrected chi connectivity index (χ2v) is 4.92. The van der Waals surface area contributed by atoms with E-state index >= 15 is 0 Å². The van der Waals surface area contributed by atoms with Crippen molar-refractivity contribution in [2.75, 3.05) is 26.7 Å². The van der Waals surface area contributed by atoms with Gasteiger partial charge in [-0.25, -0.2) is 4.79 Å². The third-order valence-corrected chi connectivity index (χ3v) is 3.40. The second-order valence-electron chi connectivity index (χ2n) is 4.92. The molecule has 2 aliphatic rings. The Morgan fingerprint density at radius 1 is 1.40 bits per heavy atom. The summed E-state index contributed by atoms with van der Waals surface area (Å²) in [5.74, 6) is -1.73. The standard InChI is InChI=1S/C12H17N3O5/c1-14(7-10(16)15-4-2-3-5-15)11(17)9-6-8(12(18)19)13-20-9/h9H,2-7H2,1H3,(H,18,19). The maximum Gasteiger partial charge on any atom is 0.353 e. The molecule has 0 aromatic heterocycles. The second kappa shape index (κ2) is 5.89. The number of oxime groups is 1. The molecule has 1 unspecified atom stereocenters. The monoisotopic (exact) mass is 283 g/mol. The number of hydrogen-bond donors (Lipinski definition) is 1. The van der Waals surface area contributed by atoms with Crippen LogP contribution in [-0.4, -0.2) is 71.2 Å². The SMILES string of the molecule is CN(CC(=O)N1CCCC1)C(=O)C1CC(C(=O)O)=NO1. The van der Waals surface area contributed by atoms with Gasteiger partial charge in [0, 0.05) is 26.6 Å². The molecule has 2 rings (SSSR count). The molecule has 0 aromatic rings. The van der Waals surface area contributed by atoms with Crippen LogP contribution in [0.15, 0.2) is 5.16 Å². The molecule has 1 atom stereocenters. The van der Waals surface area contributed by atoms with E-state index in [4.69, 9.17) is 9.94 Å². The van der Waals surface area contributed by atoms with Crippen molar-refractivity contribution in [2.45, 2.75) is 25.4 Å². The van der Waals surface area contributed by atoms with Crippen molar-refractivity contribution in [3.05, 3.63) is 0 Å². The number of likely N-dealkylation sites (tertiary alicyclic amines) is 1. The Bertz CT molecular complexity index is 456. The van der Waals surface area contributed by atoms with Crippen LogP contribution < -0.4 is 0 Å². The van der Waals surface area contributed by atoms with Crippen LogP contribution in [0.3, 0.4) is 0 Å². The molecule has 0 bridgehead atoms. The fourth-order valence-electron chi connectivity index (χ4n) is 2.23. The van der Waals surface area contributed by atoms with Crippen LogP contribution in [-0.2, 0) is 19.2 Å². The van der Waals surface area contributed by atoms with E-state index in [1.54, 1.807) is 4.90 Å². The first kappa shape index (κ1) is 14.3. The molecule has 8 heteroatoms. The third kappa shape index (κ3) is 3.06. The first-order chi connectivity index (χ1) is 9.49.